The van der Waals surface area contributed by atoms with Crippen LogP contribution < -0.4 is 5.32 Å². The van der Waals surface area contributed by atoms with Gasteiger partial charge < -0.3 is 5.32 Å². The lowest BCUT2D eigenvalue weighted by Gasteiger charge is -2.03. The highest BCUT2D eigenvalue weighted by Crippen LogP contribution is 2.23. The summed E-state index contributed by atoms with van der Waals surface area (Å²) in [6.45, 7) is 1.97. The van der Waals surface area contributed by atoms with Crippen LogP contribution in [0.1, 0.15) is 10.6 Å². The van der Waals surface area contributed by atoms with Gasteiger partial charge in [0.1, 0.15) is 5.82 Å². The highest BCUT2D eigenvalue weighted by atomic mass is 32.1. The lowest BCUT2D eigenvalue weighted by Crippen LogP contribution is -2.07. The van der Waals surface area contributed by atoms with Gasteiger partial charge in [0.25, 0.3) is 0 Å². The van der Waals surface area contributed by atoms with E-state index in [-0.39, 0.29) is 11.7 Å². The minimum atomic E-state index is -0.328. The van der Waals surface area contributed by atoms with Gasteiger partial charge in [-0.1, -0.05) is 24.3 Å². The lowest BCUT2D eigenvalue weighted by atomic mass is 10.1. The molecule has 0 unspecified atom stereocenters. The van der Waals surface area contributed by atoms with E-state index in [1.807, 2.05) is 36.6 Å². The number of rotatable bonds is 4. The van der Waals surface area contributed by atoms with Crippen LogP contribution in [0.5, 0.6) is 0 Å². The molecule has 3 aromatic rings. The molecule has 0 saturated heterocycles. The zero-order valence-corrected chi connectivity index (χ0v) is 13.8. The van der Waals surface area contributed by atoms with E-state index in [0.717, 1.165) is 16.3 Å². The largest absolute Gasteiger partial charge is 0.323 e. The van der Waals surface area contributed by atoms with E-state index in [1.165, 1.54) is 18.2 Å². The molecule has 1 heterocycles. The molecule has 0 saturated carbocycles. The Hall–Kier alpha value is -2.79. The number of aryl methyl sites for hydroxylation is 1. The van der Waals surface area contributed by atoms with E-state index < -0.39 is 0 Å². The number of hydrogen-bond acceptors (Lipinski definition) is 3. The van der Waals surface area contributed by atoms with Gasteiger partial charge in [-0.3, -0.25) is 4.79 Å². The normalized spacial score (nSPS) is 10.9. The molecule has 0 atom stereocenters. The number of thiazole rings is 1. The second-order valence-corrected chi connectivity index (χ2v) is 6.27. The third-order valence-corrected chi connectivity index (χ3v) is 4.12. The molecular weight excluding hydrogens is 323 g/mol. The average molecular weight is 338 g/mol. The Morgan fingerprint density at radius 3 is 2.67 bits per heavy atom. The number of amides is 1. The summed E-state index contributed by atoms with van der Waals surface area (Å²) in [5.41, 5.74) is 3.27. The number of anilines is 1. The maximum atomic E-state index is 13.1. The number of aromatic nitrogens is 1. The van der Waals surface area contributed by atoms with Gasteiger partial charge >= 0.3 is 0 Å². The number of carbonyl (C=O) groups is 1. The molecular formula is C19H15FN2OS. The van der Waals surface area contributed by atoms with Crippen LogP contribution in [-0.4, -0.2) is 10.9 Å². The van der Waals surface area contributed by atoms with E-state index in [4.69, 9.17) is 0 Å². The number of nitrogens with zero attached hydrogens (tertiary/aromatic N) is 1. The van der Waals surface area contributed by atoms with Crippen molar-refractivity contribution in [2.75, 3.05) is 5.32 Å². The predicted octanol–water partition coefficient (Wildman–Crippen LogP) is 4.91. The van der Waals surface area contributed by atoms with Crippen molar-refractivity contribution < 1.29 is 9.18 Å². The van der Waals surface area contributed by atoms with Gasteiger partial charge in [0.15, 0.2) is 0 Å². The third kappa shape index (κ3) is 4.14. The van der Waals surface area contributed by atoms with Crippen molar-refractivity contribution in [2.24, 2.45) is 0 Å². The predicted molar refractivity (Wildman–Crippen MR) is 96.4 cm³/mol. The molecule has 24 heavy (non-hydrogen) atoms. The molecule has 0 aliphatic carbocycles. The smallest absolute Gasteiger partial charge is 0.248 e. The maximum Gasteiger partial charge on any atom is 0.248 e. The van der Waals surface area contributed by atoms with Gasteiger partial charge in [0.05, 0.1) is 10.7 Å². The monoisotopic (exact) mass is 338 g/mol. The average Bonchev–Trinajstić information content (AvgIpc) is 3.00. The molecule has 3 nitrogen and oxygen atoms in total. The zero-order chi connectivity index (χ0) is 16.9. The second-order valence-electron chi connectivity index (χ2n) is 5.21. The Labute approximate surface area is 143 Å². The van der Waals surface area contributed by atoms with E-state index in [1.54, 1.807) is 29.5 Å². The van der Waals surface area contributed by atoms with Crippen LogP contribution in [0.25, 0.3) is 17.3 Å². The van der Waals surface area contributed by atoms with Crippen molar-refractivity contribution in [1.82, 2.24) is 4.98 Å². The van der Waals surface area contributed by atoms with Gasteiger partial charge in [0, 0.05) is 22.7 Å². The van der Waals surface area contributed by atoms with Gasteiger partial charge in [0.2, 0.25) is 5.91 Å². The molecule has 1 amide bonds. The summed E-state index contributed by atoms with van der Waals surface area (Å²) in [5.74, 6) is -0.595. The van der Waals surface area contributed by atoms with Crippen molar-refractivity contribution in [3.63, 3.8) is 0 Å². The lowest BCUT2D eigenvalue weighted by molar-refractivity contribution is -0.111. The fourth-order valence-corrected chi connectivity index (χ4v) is 2.81. The van der Waals surface area contributed by atoms with Gasteiger partial charge in [-0.15, -0.1) is 11.3 Å². The Morgan fingerprint density at radius 1 is 1.21 bits per heavy atom. The zero-order valence-electron chi connectivity index (χ0n) is 13.0. The van der Waals surface area contributed by atoms with E-state index >= 15 is 0 Å². The summed E-state index contributed by atoms with van der Waals surface area (Å²) in [6.07, 6.45) is 2.96. The van der Waals surface area contributed by atoms with Crippen LogP contribution in [0, 0.1) is 12.7 Å². The van der Waals surface area contributed by atoms with Gasteiger partial charge in [-0.05, 0) is 42.8 Å². The van der Waals surface area contributed by atoms with Crippen LogP contribution in [0.3, 0.4) is 0 Å². The highest BCUT2D eigenvalue weighted by Gasteiger charge is 2.03. The van der Waals surface area contributed by atoms with Crippen LogP contribution in [0.15, 0.2) is 60.0 Å². The first-order valence-electron chi connectivity index (χ1n) is 7.37. The van der Waals surface area contributed by atoms with E-state index in [9.17, 15) is 9.18 Å². The first-order valence-corrected chi connectivity index (χ1v) is 8.25. The molecule has 1 aromatic heterocycles. The molecule has 0 aliphatic rings. The Bertz CT molecular complexity index is 884. The van der Waals surface area contributed by atoms with Crippen molar-refractivity contribution in [1.29, 1.82) is 0 Å². The first-order chi connectivity index (χ1) is 11.6. The van der Waals surface area contributed by atoms with Gasteiger partial charge in [-0.25, -0.2) is 9.37 Å². The number of hydrogen-bond donors (Lipinski definition) is 1. The molecule has 5 heteroatoms. The number of benzene rings is 2. The van der Waals surface area contributed by atoms with Crippen molar-refractivity contribution in [2.45, 2.75) is 6.92 Å². The molecule has 3 rings (SSSR count). The Kier molecular flexibility index (Phi) is 4.82. The van der Waals surface area contributed by atoms with Crippen molar-refractivity contribution in [3.8, 4) is 11.3 Å². The Balaban J connectivity index is 1.64. The molecule has 0 fully saturated rings. The topological polar surface area (TPSA) is 42.0 Å². The van der Waals surface area contributed by atoms with Crippen LogP contribution in [-0.2, 0) is 4.79 Å². The quantitative estimate of drug-likeness (QED) is 0.687. The molecule has 0 aliphatic heterocycles. The summed E-state index contributed by atoms with van der Waals surface area (Å²) in [7, 11) is 0. The maximum absolute atomic E-state index is 13.1. The van der Waals surface area contributed by atoms with E-state index in [2.05, 4.69) is 10.3 Å². The minimum absolute atomic E-state index is 0.267. The summed E-state index contributed by atoms with van der Waals surface area (Å²) in [5, 5.41) is 5.80. The molecule has 0 bridgehead atoms. The SMILES string of the molecule is Cc1nc(-c2ccc(NC(=O)/C=C/c3cccc(F)c3)cc2)cs1. The number of halogens is 1. The molecule has 120 valence electrons. The van der Waals surface area contributed by atoms with Crippen LogP contribution in [0.4, 0.5) is 10.1 Å². The van der Waals surface area contributed by atoms with Crippen LogP contribution >= 0.6 is 11.3 Å². The standard InChI is InChI=1S/C19H15FN2OS/c1-13-21-18(12-24-13)15-6-8-17(9-7-15)22-19(23)10-5-14-3-2-4-16(20)11-14/h2-12H,1H3,(H,22,23)/b10-5+. The molecule has 2 aromatic carbocycles. The fourth-order valence-electron chi connectivity index (χ4n) is 2.19. The number of carbonyl (C=O) groups excluding carboxylic acids is 1. The van der Waals surface area contributed by atoms with Gasteiger partial charge in [-0.2, -0.15) is 0 Å². The highest BCUT2D eigenvalue weighted by molar-refractivity contribution is 7.09. The second kappa shape index (κ2) is 7.19. The minimum Gasteiger partial charge on any atom is -0.323 e. The first kappa shape index (κ1) is 16.1. The Morgan fingerprint density at radius 2 is 2.00 bits per heavy atom. The molecule has 0 spiro atoms. The van der Waals surface area contributed by atoms with Crippen molar-refractivity contribution in [3.05, 3.63) is 76.4 Å². The van der Waals surface area contributed by atoms with E-state index in [0.29, 0.717) is 11.3 Å². The van der Waals surface area contributed by atoms with Crippen molar-refractivity contribution >= 4 is 29.0 Å². The molecule has 0 radical (unpaired) electrons. The summed E-state index contributed by atoms with van der Waals surface area (Å²) in [4.78, 5) is 16.4. The fraction of sp³-hybridized carbons (Fsp3) is 0.0526. The summed E-state index contributed by atoms with van der Waals surface area (Å²) in [6, 6.07) is 13.6. The van der Waals surface area contributed by atoms with Crippen LogP contribution in [0.2, 0.25) is 0 Å². The summed E-state index contributed by atoms with van der Waals surface area (Å²) < 4.78 is 13.1. The summed E-state index contributed by atoms with van der Waals surface area (Å²) >= 11 is 1.60. The number of nitrogens with one attached hydrogen (secondary N) is 1. The molecule has 1 N–H and O–H groups in total. The third-order valence-electron chi connectivity index (χ3n) is 3.34.